The first-order chi connectivity index (χ1) is 37.7. The van der Waals surface area contributed by atoms with Crippen molar-refractivity contribution >= 4 is 5.91 Å². The highest BCUT2D eigenvalue weighted by atomic mass is 16.3. The van der Waals surface area contributed by atoms with Gasteiger partial charge in [-0.3, -0.25) is 4.79 Å². The minimum absolute atomic E-state index is 0.0811. The quantitative estimate of drug-likeness (QED) is 0.0420. The number of aliphatic hydroxyl groups excluding tert-OH is 2. The molecule has 0 aromatic carbocycles. The second-order valence-corrected chi connectivity index (χ2v) is 21.8. The van der Waals surface area contributed by atoms with E-state index < -0.39 is 12.1 Å². The van der Waals surface area contributed by atoms with E-state index in [2.05, 4.69) is 129 Å². The lowest BCUT2D eigenvalue weighted by atomic mass is 10.0. The Labute approximate surface area is 473 Å². The molecule has 0 spiro atoms. The van der Waals surface area contributed by atoms with Gasteiger partial charge in [0, 0.05) is 6.42 Å². The number of hydrogen-bond acceptors (Lipinski definition) is 3. The zero-order valence-electron chi connectivity index (χ0n) is 50.2. The summed E-state index contributed by atoms with van der Waals surface area (Å²) in [7, 11) is 0. The predicted molar refractivity (Wildman–Crippen MR) is 340 cm³/mol. The van der Waals surface area contributed by atoms with Crippen LogP contribution in [-0.4, -0.2) is 34.9 Å². The summed E-state index contributed by atoms with van der Waals surface area (Å²) in [4.78, 5) is 12.5. The van der Waals surface area contributed by atoms with Crippen LogP contribution in [0.15, 0.2) is 122 Å². The molecule has 0 fully saturated rings. The summed E-state index contributed by atoms with van der Waals surface area (Å²) >= 11 is 0. The van der Waals surface area contributed by atoms with Gasteiger partial charge in [0.2, 0.25) is 5.91 Å². The van der Waals surface area contributed by atoms with E-state index in [0.29, 0.717) is 6.42 Å². The molecule has 0 saturated carbocycles. The van der Waals surface area contributed by atoms with Crippen molar-refractivity contribution in [2.24, 2.45) is 0 Å². The molecule has 0 rings (SSSR count). The zero-order chi connectivity index (χ0) is 54.8. The van der Waals surface area contributed by atoms with Gasteiger partial charge in [0.05, 0.1) is 18.8 Å². The Morgan fingerprint density at radius 3 is 0.921 bits per heavy atom. The third kappa shape index (κ3) is 61.6. The largest absolute Gasteiger partial charge is 0.394 e. The Kier molecular flexibility index (Phi) is 63.3. The first kappa shape index (κ1) is 72.8. The van der Waals surface area contributed by atoms with Gasteiger partial charge in [0.25, 0.3) is 0 Å². The number of nitrogens with one attached hydrogen (secondary N) is 1. The average molecular weight is 1050 g/mol. The van der Waals surface area contributed by atoms with Crippen LogP contribution in [0, 0.1) is 0 Å². The van der Waals surface area contributed by atoms with Crippen molar-refractivity contribution in [3.05, 3.63) is 122 Å². The molecule has 0 heterocycles. The van der Waals surface area contributed by atoms with Crippen molar-refractivity contribution < 1.29 is 15.0 Å². The molecule has 2 atom stereocenters. The Bertz CT molecular complexity index is 1470. The summed E-state index contributed by atoms with van der Waals surface area (Å²) in [6.45, 7) is 4.20. The van der Waals surface area contributed by atoms with Crippen molar-refractivity contribution in [2.75, 3.05) is 6.61 Å². The van der Waals surface area contributed by atoms with Crippen LogP contribution in [0.1, 0.15) is 309 Å². The molecule has 76 heavy (non-hydrogen) atoms. The predicted octanol–water partition coefficient (Wildman–Crippen LogP) is 22.4. The van der Waals surface area contributed by atoms with Gasteiger partial charge in [-0.1, -0.05) is 322 Å². The summed E-state index contributed by atoms with van der Waals surface area (Å²) < 4.78 is 0. The lowest BCUT2D eigenvalue weighted by Gasteiger charge is -2.19. The number of allylic oxidation sites excluding steroid dienone is 19. The fraction of sp³-hybridized carbons (Fsp3) is 0.708. The van der Waals surface area contributed by atoms with Crippen LogP contribution in [0.3, 0.4) is 0 Å². The standard InChI is InChI=1S/C72H125NO3/c1-3-5-7-9-11-13-15-17-19-21-23-25-27-29-31-33-34-35-36-37-38-40-42-44-46-48-50-52-54-56-58-60-62-64-66-68-72(76)73-70(69-74)71(75)67-65-63-61-59-57-55-53-51-49-47-45-43-41-39-32-30-28-26-24-22-20-18-16-14-12-10-8-6-4-2/h5,7,11,13,17,19,23,25,29,31,34-35,37-38,49,51,57,59,65,67,70-71,74-75H,3-4,6,8-10,12,14-16,18,20-22,24,26-28,30,32-33,36,39-48,50,52-56,58,60-64,66,68-69H2,1-2H3,(H,73,76)/b7-5-,13-11-,19-17-,25-23-,31-29-,35-34-,38-37-,51-49+,59-57+,67-65+. The Morgan fingerprint density at radius 2 is 0.592 bits per heavy atom. The molecule has 0 aliphatic rings. The van der Waals surface area contributed by atoms with E-state index in [1.807, 2.05) is 6.08 Å². The number of unbranched alkanes of at least 4 members (excludes halogenated alkanes) is 34. The third-order valence-electron chi connectivity index (χ3n) is 14.4. The van der Waals surface area contributed by atoms with Crippen molar-refractivity contribution in [3.8, 4) is 0 Å². The van der Waals surface area contributed by atoms with E-state index in [9.17, 15) is 15.0 Å². The van der Waals surface area contributed by atoms with Gasteiger partial charge in [-0.15, -0.1) is 0 Å². The maximum atomic E-state index is 12.5. The van der Waals surface area contributed by atoms with Crippen LogP contribution in [-0.2, 0) is 4.79 Å². The fourth-order valence-electron chi connectivity index (χ4n) is 9.49. The molecular weight excluding hydrogens is 927 g/mol. The lowest BCUT2D eigenvalue weighted by Crippen LogP contribution is -2.45. The molecule has 0 aliphatic heterocycles. The van der Waals surface area contributed by atoms with E-state index in [4.69, 9.17) is 0 Å². The molecule has 2 unspecified atom stereocenters. The van der Waals surface area contributed by atoms with Crippen molar-refractivity contribution in [3.63, 3.8) is 0 Å². The van der Waals surface area contributed by atoms with Crippen LogP contribution >= 0.6 is 0 Å². The van der Waals surface area contributed by atoms with E-state index in [1.54, 1.807) is 6.08 Å². The molecule has 436 valence electrons. The SMILES string of the molecule is CC/C=C\C/C=C\C/C=C\C/C=C\C/C=C\C/C=C\C/C=C\CCCCCCCCCCCCCCCC(=O)NC(CO)C(O)/C=C/CC/C=C/CC/C=C/CCCCCCCCCCCCCCCCCCCCC. The highest BCUT2D eigenvalue weighted by molar-refractivity contribution is 5.76. The van der Waals surface area contributed by atoms with Gasteiger partial charge in [-0.2, -0.15) is 0 Å². The molecule has 0 saturated heterocycles. The zero-order valence-corrected chi connectivity index (χ0v) is 50.2. The maximum absolute atomic E-state index is 12.5. The summed E-state index contributed by atoms with van der Waals surface area (Å²) in [6.07, 6.45) is 101. The number of carbonyl (C=O) groups is 1. The van der Waals surface area contributed by atoms with Crippen LogP contribution in [0.25, 0.3) is 0 Å². The Hall–Kier alpha value is -3.21. The molecule has 4 heteroatoms. The molecule has 0 radical (unpaired) electrons. The summed E-state index contributed by atoms with van der Waals surface area (Å²) in [5, 5.41) is 23.2. The maximum Gasteiger partial charge on any atom is 0.220 e. The topological polar surface area (TPSA) is 69.6 Å². The molecule has 0 aromatic heterocycles. The smallest absolute Gasteiger partial charge is 0.220 e. The molecule has 0 bridgehead atoms. The normalized spacial score (nSPS) is 13.6. The molecule has 3 N–H and O–H groups in total. The van der Waals surface area contributed by atoms with Gasteiger partial charge < -0.3 is 15.5 Å². The lowest BCUT2D eigenvalue weighted by molar-refractivity contribution is -0.123. The van der Waals surface area contributed by atoms with Gasteiger partial charge >= 0.3 is 0 Å². The van der Waals surface area contributed by atoms with Crippen LogP contribution in [0.5, 0.6) is 0 Å². The minimum Gasteiger partial charge on any atom is -0.394 e. The van der Waals surface area contributed by atoms with Gasteiger partial charge in [0.1, 0.15) is 0 Å². The van der Waals surface area contributed by atoms with Gasteiger partial charge in [0.15, 0.2) is 0 Å². The minimum atomic E-state index is -0.880. The van der Waals surface area contributed by atoms with Gasteiger partial charge in [-0.05, 0) is 103 Å². The second kappa shape index (κ2) is 66.1. The first-order valence-electron chi connectivity index (χ1n) is 32.7. The summed E-state index contributed by atoms with van der Waals surface area (Å²) in [5.41, 5.74) is 0. The number of rotatable bonds is 59. The van der Waals surface area contributed by atoms with E-state index in [-0.39, 0.29) is 12.5 Å². The highest BCUT2D eigenvalue weighted by Gasteiger charge is 2.18. The van der Waals surface area contributed by atoms with Crippen molar-refractivity contribution in [1.82, 2.24) is 5.32 Å². The fourth-order valence-corrected chi connectivity index (χ4v) is 9.49. The number of hydrogen-bond donors (Lipinski definition) is 3. The summed E-state index contributed by atoms with van der Waals surface area (Å²) in [6, 6.07) is -0.655. The summed E-state index contributed by atoms with van der Waals surface area (Å²) in [5.74, 6) is -0.0811. The van der Waals surface area contributed by atoms with Gasteiger partial charge in [-0.25, -0.2) is 0 Å². The van der Waals surface area contributed by atoms with Crippen molar-refractivity contribution in [1.29, 1.82) is 0 Å². The molecular formula is C72H125NO3. The van der Waals surface area contributed by atoms with Crippen LogP contribution in [0.2, 0.25) is 0 Å². The first-order valence-corrected chi connectivity index (χ1v) is 32.7. The molecule has 0 aliphatic carbocycles. The molecule has 0 aromatic rings. The van der Waals surface area contributed by atoms with E-state index in [1.165, 1.54) is 205 Å². The number of carbonyl (C=O) groups excluding carboxylic acids is 1. The molecule has 1 amide bonds. The Morgan fingerprint density at radius 1 is 0.329 bits per heavy atom. The van der Waals surface area contributed by atoms with Crippen LogP contribution < -0.4 is 5.32 Å². The van der Waals surface area contributed by atoms with E-state index in [0.717, 1.165) is 83.5 Å². The van der Waals surface area contributed by atoms with Crippen LogP contribution in [0.4, 0.5) is 0 Å². The molecule has 4 nitrogen and oxygen atoms in total. The Balaban J connectivity index is 3.57. The highest BCUT2D eigenvalue weighted by Crippen LogP contribution is 2.17. The third-order valence-corrected chi connectivity index (χ3v) is 14.4. The van der Waals surface area contributed by atoms with Crippen molar-refractivity contribution in [2.45, 2.75) is 321 Å². The van der Waals surface area contributed by atoms with E-state index >= 15 is 0 Å². The number of amides is 1. The monoisotopic (exact) mass is 1050 g/mol. The average Bonchev–Trinajstić information content (AvgIpc) is 3.42. The number of aliphatic hydroxyl groups is 2. The second-order valence-electron chi connectivity index (χ2n) is 21.8.